The van der Waals surface area contributed by atoms with Crippen molar-refractivity contribution in [3.8, 4) is 0 Å². The zero-order chi connectivity index (χ0) is 15.0. The second-order valence-electron chi connectivity index (χ2n) is 6.95. The third-order valence-corrected chi connectivity index (χ3v) is 7.32. The summed E-state index contributed by atoms with van der Waals surface area (Å²) in [6, 6.07) is 0.414. The van der Waals surface area contributed by atoms with E-state index >= 15 is 0 Å². The highest BCUT2D eigenvalue weighted by molar-refractivity contribution is 8.03. The number of hydrogen-bond donors (Lipinski definition) is 1. The predicted octanol–water partition coefficient (Wildman–Crippen LogP) is 3.27. The summed E-state index contributed by atoms with van der Waals surface area (Å²) in [7, 11) is 0. The summed E-state index contributed by atoms with van der Waals surface area (Å²) in [5.74, 6) is 0.830. The lowest BCUT2D eigenvalue weighted by Crippen LogP contribution is -2.41. The molecular formula is C18H24N2OS. The van der Waals surface area contributed by atoms with Crippen LogP contribution in [0.1, 0.15) is 44.9 Å². The number of rotatable bonds is 2. The van der Waals surface area contributed by atoms with E-state index in [4.69, 9.17) is 4.99 Å². The van der Waals surface area contributed by atoms with Crippen LogP contribution in [-0.4, -0.2) is 34.2 Å². The second kappa shape index (κ2) is 5.88. The third-order valence-electron chi connectivity index (χ3n) is 5.56. The van der Waals surface area contributed by atoms with Crippen LogP contribution in [0.5, 0.6) is 0 Å². The van der Waals surface area contributed by atoms with Gasteiger partial charge in [-0.2, -0.15) is 0 Å². The molecular weight excluding hydrogens is 292 g/mol. The van der Waals surface area contributed by atoms with Crippen molar-refractivity contribution in [2.24, 2.45) is 10.9 Å². The first-order chi connectivity index (χ1) is 10.8. The zero-order valence-corrected chi connectivity index (χ0v) is 13.8. The lowest BCUT2D eigenvalue weighted by Gasteiger charge is -2.36. The Morgan fingerprint density at radius 2 is 2.09 bits per heavy atom. The van der Waals surface area contributed by atoms with E-state index in [1.807, 2.05) is 11.8 Å². The van der Waals surface area contributed by atoms with E-state index in [0.717, 1.165) is 32.2 Å². The third kappa shape index (κ3) is 2.45. The van der Waals surface area contributed by atoms with Crippen LogP contribution in [-0.2, 0) is 4.79 Å². The molecule has 3 unspecified atom stereocenters. The van der Waals surface area contributed by atoms with Crippen molar-refractivity contribution in [2.75, 3.05) is 6.54 Å². The molecule has 1 saturated heterocycles. The topological polar surface area (TPSA) is 41.5 Å². The van der Waals surface area contributed by atoms with Gasteiger partial charge in [0.05, 0.1) is 15.7 Å². The van der Waals surface area contributed by atoms with Gasteiger partial charge >= 0.3 is 0 Å². The fourth-order valence-corrected chi connectivity index (χ4v) is 6.16. The first-order valence-electron chi connectivity index (χ1n) is 8.67. The van der Waals surface area contributed by atoms with Gasteiger partial charge in [-0.1, -0.05) is 37.5 Å². The van der Waals surface area contributed by atoms with Gasteiger partial charge in [-0.05, 0) is 37.7 Å². The predicted molar refractivity (Wildman–Crippen MR) is 92.4 cm³/mol. The van der Waals surface area contributed by atoms with Crippen LogP contribution in [0.2, 0.25) is 0 Å². The van der Waals surface area contributed by atoms with E-state index < -0.39 is 0 Å². The molecule has 1 spiro atoms. The Bertz CT molecular complexity index is 547. The molecule has 22 heavy (non-hydrogen) atoms. The molecule has 4 aliphatic rings. The molecule has 4 rings (SSSR count). The van der Waals surface area contributed by atoms with Crippen molar-refractivity contribution in [1.29, 1.82) is 0 Å². The van der Waals surface area contributed by atoms with Crippen molar-refractivity contribution in [3.05, 3.63) is 24.3 Å². The van der Waals surface area contributed by atoms with E-state index in [9.17, 15) is 4.79 Å². The Labute approximate surface area is 136 Å². The summed E-state index contributed by atoms with van der Waals surface area (Å²) in [6.07, 6.45) is 16.9. The standard InChI is InChI=1S/C18H24N2OS/c21-17(20-14-6-2-1-3-7-14)15-12-13-9-11-19-16-8-4-5-10-18(13,16)22-15/h4-5,8,10,13-15H,1-3,6-7,9,11-12H2,(H,20,21). The van der Waals surface area contributed by atoms with E-state index in [1.54, 1.807) is 0 Å². The van der Waals surface area contributed by atoms with Crippen LogP contribution < -0.4 is 5.32 Å². The zero-order valence-electron chi connectivity index (χ0n) is 13.0. The number of hydrogen-bond acceptors (Lipinski definition) is 3. The summed E-state index contributed by atoms with van der Waals surface area (Å²) in [5.41, 5.74) is 1.18. The molecule has 0 bridgehead atoms. The molecule has 4 heteroatoms. The van der Waals surface area contributed by atoms with Crippen LogP contribution in [0, 0.1) is 5.92 Å². The number of nitrogens with one attached hydrogen (secondary N) is 1. The first kappa shape index (κ1) is 14.6. The minimum atomic E-state index is -0.0262. The van der Waals surface area contributed by atoms with Gasteiger partial charge < -0.3 is 5.32 Å². The molecule has 2 heterocycles. The normalized spacial score (nSPS) is 37.4. The fourth-order valence-electron chi connectivity index (χ4n) is 4.37. The second-order valence-corrected chi connectivity index (χ2v) is 8.43. The monoisotopic (exact) mass is 316 g/mol. The number of carbonyl (C=O) groups is 1. The first-order valence-corrected chi connectivity index (χ1v) is 9.55. The van der Waals surface area contributed by atoms with Crippen molar-refractivity contribution < 1.29 is 4.79 Å². The number of nitrogens with zero attached hydrogens (tertiary/aromatic N) is 1. The number of allylic oxidation sites excluding steroid dienone is 3. The molecule has 3 atom stereocenters. The maximum Gasteiger partial charge on any atom is 0.233 e. The molecule has 0 aromatic heterocycles. The summed E-state index contributed by atoms with van der Waals surface area (Å²) >= 11 is 1.84. The fraction of sp³-hybridized carbons (Fsp3) is 0.667. The molecule has 2 aliphatic heterocycles. The lowest BCUT2D eigenvalue weighted by molar-refractivity contribution is -0.121. The maximum atomic E-state index is 12.7. The summed E-state index contributed by atoms with van der Waals surface area (Å²) < 4.78 is -0.0262. The molecule has 118 valence electrons. The average molecular weight is 316 g/mol. The molecule has 0 radical (unpaired) electrons. The van der Waals surface area contributed by atoms with E-state index in [-0.39, 0.29) is 15.9 Å². The maximum absolute atomic E-state index is 12.7. The van der Waals surface area contributed by atoms with Gasteiger partial charge in [0.25, 0.3) is 0 Å². The summed E-state index contributed by atoms with van der Waals surface area (Å²) in [4.78, 5) is 17.4. The summed E-state index contributed by atoms with van der Waals surface area (Å²) in [6.45, 7) is 0.914. The van der Waals surface area contributed by atoms with Gasteiger partial charge in [-0.15, -0.1) is 11.8 Å². The van der Waals surface area contributed by atoms with Gasteiger partial charge in [-0.25, -0.2) is 0 Å². The minimum absolute atomic E-state index is 0.0262. The van der Waals surface area contributed by atoms with Gasteiger partial charge in [0.15, 0.2) is 0 Å². The van der Waals surface area contributed by atoms with E-state index in [1.165, 1.54) is 25.0 Å². The quantitative estimate of drug-likeness (QED) is 0.849. The van der Waals surface area contributed by atoms with Crippen molar-refractivity contribution in [2.45, 2.75) is 61.0 Å². The Morgan fingerprint density at radius 3 is 2.95 bits per heavy atom. The summed E-state index contributed by atoms with van der Waals surface area (Å²) in [5, 5.41) is 3.41. The van der Waals surface area contributed by atoms with Gasteiger partial charge in [0, 0.05) is 12.6 Å². The van der Waals surface area contributed by atoms with E-state index in [0.29, 0.717) is 12.0 Å². The highest BCUT2D eigenvalue weighted by Crippen LogP contribution is 2.53. The highest BCUT2D eigenvalue weighted by atomic mass is 32.2. The van der Waals surface area contributed by atoms with Crippen molar-refractivity contribution in [3.63, 3.8) is 0 Å². The van der Waals surface area contributed by atoms with Crippen molar-refractivity contribution >= 4 is 23.4 Å². The lowest BCUT2D eigenvalue weighted by atomic mass is 9.78. The molecule has 1 N–H and O–H groups in total. The molecule has 3 nitrogen and oxygen atoms in total. The number of thioether (sulfide) groups is 1. The number of aliphatic imine (C=N–C) groups is 1. The minimum Gasteiger partial charge on any atom is -0.352 e. The molecule has 0 aromatic rings. The molecule has 2 fully saturated rings. The van der Waals surface area contributed by atoms with Crippen molar-refractivity contribution in [1.82, 2.24) is 5.32 Å². The smallest absolute Gasteiger partial charge is 0.233 e. The van der Waals surface area contributed by atoms with Crippen LogP contribution in [0.25, 0.3) is 0 Å². The molecule has 2 aliphatic carbocycles. The number of carbonyl (C=O) groups excluding carboxylic acids is 1. The number of amides is 1. The SMILES string of the molecule is O=C(NC1CCCCC1)C1CC2CCN=C3C=CC=CC32S1. The van der Waals surface area contributed by atoms with Crippen LogP contribution in [0.15, 0.2) is 29.3 Å². The molecule has 1 amide bonds. The average Bonchev–Trinajstić information content (AvgIpc) is 2.93. The highest BCUT2D eigenvalue weighted by Gasteiger charge is 2.52. The Kier molecular flexibility index (Phi) is 3.89. The Hall–Kier alpha value is -1.03. The van der Waals surface area contributed by atoms with Gasteiger partial charge in [0.2, 0.25) is 5.91 Å². The Balaban J connectivity index is 1.47. The largest absolute Gasteiger partial charge is 0.352 e. The van der Waals surface area contributed by atoms with Crippen LogP contribution in [0.4, 0.5) is 0 Å². The van der Waals surface area contributed by atoms with Gasteiger partial charge in [0.1, 0.15) is 0 Å². The van der Waals surface area contributed by atoms with Gasteiger partial charge in [-0.3, -0.25) is 9.79 Å². The van der Waals surface area contributed by atoms with E-state index in [2.05, 4.69) is 29.6 Å². The Morgan fingerprint density at radius 1 is 1.23 bits per heavy atom. The molecule has 0 aromatic carbocycles. The van der Waals surface area contributed by atoms with Crippen LogP contribution >= 0.6 is 11.8 Å². The molecule has 1 saturated carbocycles. The van der Waals surface area contributed by atoms with Crippen LogP contribution in [0.3, 0.4) is 0 Å².